The van der Waals surface area contributed by atoms with E-state index in [4.69, 9.17) is 9.47 Å². The lowest BCUT2D eigenvalue weighted by atomic mass is 10.2. The number of halogens is 1. The predicted octanol–water partition coefficient (Wildman–Crippen LogP) is 3.58. The van der Waals surface area contributed by atoms with Crippen LogP contribution in [-0.4, -0.2) is 12.6 Å². The van der Waals surface area contributed by atoms with Gasteiger partial charge in [-0.1, -0.05) is 30.3 Å². The summed E-state index contributed by atoms with van der Waals surface area (Å²) in [6.07, 6.45) is 0. The summed E-state index contributed by atoms with van der Waals surface area (Å²) in [7, 11) is 0. The fourth-order valence-electron chi connectivity index (χ4n) is 1.73. The molecule has 3 nitrogen and oxygen atoms in total. The second kappa shape index (κ2) is 6.70. The maximum Gasteiger partial charge on any atom is 0.341 e. The molecule has 2 aromatic carbocycles. The van der Waals surface area contributed by atoms with Crippen LogP contribution in [0.2, 0.25) is 0 Å². The van der Waals surface area contributed by atoms with E-state index in [2.05, 4.69) is 0 Å². The summed E-state index contributed by atoms with van der Waals surface area (Å²) >= 11 is 0. The van der Waals surface area contributed by atoms with Crippen LogP contribution in [0.15, 0.2) is 48.5 Å². The number of rotatable bonds is 5. The van der Waals surface area contributed by atoms with Crippen molar-refractivity contribution in [2.75, 3.05) is 6.61 Å². The fraction of sp³-hybridized carbons (Fsp3) is 0.188. The monoisotopic (exact) mass is 274 g/mol. The Bertz CT molecular complexity index is 582. The van der Waals surface area contributed by atoms with Crippen molar-refractivity contribution in [2.45, 2.75) is 13.5 Å². The molecule has 0 N–H and O–H groups in total. The molecule has 0 aliphatic carbocycles. The van der Waals surface area contributed by atoms with E-state index in [1.54, 1.807) is 6.92 Å². The molecule has 0 radical (unpaired) electrons. The first kappa shape index (κ1) is 14.1. The number of hydrogen-bond donors (Lipinski definition) is 0. The van der Waals surface area contributed by atoms with Gasteiger partial charge in [-0.05, 0) is 24.6 Å². The Hall–Kier alpha value is -2.36. The number of carbonyl (C=O) groups is 1. The third kappa shape index (κ3) is 3.57. The van der Waals surface area contributed by atoms with E-state index in [0.717, 1.165) is 5.56 Å². The molecule has 0 aliphatic rings. The molecule has 0 unspecified atom stereocenters. The Kier molecular flexibility index (Phi) is 4.71. The van der Waals surface area contributed by atoms with Crippen LogP contribution in [-0.2, 0) is 11.3 Å². The van der Waals surface area contributed by atoms with Crippen molar-refractivity contribution in [1.29, 1.82) is 0 Å². The van der Waals surface area contributed by atoms with Crippen LogP contribution in [0.25, 0.3) is 0 Å². The molecule has 2 aromatic rings. The van der Waals surface area contributed by atoms with Crippen molar-refractivity contribution in [1.82, 2.24) is 0 Å². The number of esters is 1. The molecule has 0 aliphatic heterocycles. The maximum atomic E-state index is 13.3. The van der Waals surface area contributed by atoms with Gasteiger partial charge in [0.1, 0.15) is 23.7 Å². The predicted molar refractivity (Wildman–Crippen MR) is 73.1 cm³/mol. The maximum absolute atomic E-state index is 13.3. The standard InChI is InChI=1S/C16H15FO3/c1-2-19-16(18)14-9-8-13(17)10-15(14)20-11-12-6-4-3-5-7-12/h3-10H,2,11H2,1H3. The highest BCUT2D eigenvalue weighted by molar-refractivity contribution is 5.92. The average molecular weight is 274 g/mol. The minimum Gasteiger partial charge on any atom is -0.488 e. The summed E-state index contributed by atoms with van der Waals surface area (Å²) in [5.74, 6) is -0.788. The molecule has 0 fully saturated rings. The molecule has 0 saturated carbocycles. The van der Waals surface area contributed by atoms with Gasteiger partial charge in [-0.2, -0.15) is 0 Å². The van der Waals surface area contributed by atoms with Crippen molar-refractivity contribution in [2.24, 2.45) is 0 Å². The largest absolute Gasteiger partial charge is 0.488 e. The van der Waals surface area contributed by atoms with E-state index < -0.39 is 11.8 Å². The van der Waals surface area contributed by atoms with Crippen LogP contribution in [0.1, 0.15) is 22.8 Å². The summed E-state index contributed by atoms with van der Waals surface area (Å²) in [6.45, 7) is 2.23. The molecular formula is C16H15FO3. The molecule has 0 bridgehead atoms. The van der Waals surface area contributed by atoms with Gasteiger partial charge in [-0.3, -0.25) is 0 Å². The third-order valence-corrected chi connectivity index (χ3v) is 2.68. The van der Waals surface area contributed by atoms with Crippen LogP contribution in [0.5, 0.6) is 5.75 Å². The van der Waals surface area contributed by atoms with Gasteiger partial charge < -0.3 is 9.47 Å². The van der Waals surface area contributed by atoms with Crippen LogP contribution < -0.4 is 4.74 Å². The zero-order valence-electron chi connectivity index (χ0n) is 11.1. The van der Waals surface area contributed by atoms with Crippen LogP contribution >= 0.6 is 0 Å². The molecule has 0 heterocycles. The lowest BCUT2D eigenvalue weighted by molar-refractivity contribution is 0.0521. The van der Waals surface area contributed by atoms with Gasteiger partial charge >= 0.3 is 5.97 Å². The Labute approximate surface area is 117 Å². The molecule has 0 saturated heterocycles. The first-order valence-electron chi connectivity index (χ1n) is 6.34. The molecule has 0 amide bonds. The normalized spacial score (nSPS) is 10.1. The SMILES string of the molecule is CCOC(=O)c1ccc(F)cc1OCc1ccccc1. The third-order valence-electron chi connectivity index (χ3n) is 2.68. The Balaban J connectivity index is 2.17. The van der Waals surface area contributed by atoms with Crippen molar-refractivity contribution in [3.8, 4) is 5.75 Å². The average Bonchev–Trinajstić information content (AvgIpc) is 2.46. The van der Waals surface area contributed by atoms with Crippen molar-refractivity contribution < 1.29 is 18.7 Å². The van der Waals surface area contributed by atoms with Crippen LogP contribution in [0, 0.1) is 5.82 Å². The van der Waals surface area contributed by atoms with Gasteiger partial charge in [0, 0.05) is 6.07 Å². The highest BCUT2D eigenvalue weighted by Gasteiger charge is 2.14. The van der Waals surface area contributed by atoms with E-state index in [0.29, 0.717) is 0 Å². The summed E-state index contributed by atoms with van der Waals surface area (Å²) in [4.78, 5) is 11.8. The van der Waals surface area contributed by atoms with Crippen LogP contribution in [0.4, 0.5) is 4.39 Å². The number of hydrogen-bond acceptors (Lipinski definition) is 3. The molecular weight excluding hydrogens is 259 g/mol. The summed E-state index contributed by atoms with van der Waals surface area (Å²) in [5, 5.41) is 0. The summed E-state index contributed by atoms with van der Waals surface area (Å²) in [6, 6.07) is 13.2. The Morgan fingerprint density at radius 2 is 1.90 bits per heavy atom. The number of ether oxygens (including phenoxy) is 2. The lowest BCUT2D eigenvalue weighted by Gasteiger charge is -2.11. The zero-order chi connectivity index (χ0) is 14.4. The molecule has 2 rings (SSSR count). The second-order valence-electron chi connectivity index (χ2n) is 4.14. The summed E-state index contributed by atoms with van der Waals surface area (Å²) in [5.41, 5.74) is 1.16. The van der Waals surface area contributed by atoms with Gasteiger partial charge in [0.05, 0.1) is 6.61 Å². The van der Waals surface area contributed by atoms with Gasteiger partial charge in [0.25, 0.3) is 0 Å². The first-order valence-corrected chi connectivity index (χ1v) is 6.34. The molecule has 20 heavy (non-hydrogen) atoms. The van der Waals surface area contributed by atoms with Crippen molar-refractivity contribution >= 4 is 5.97 Å². The lowest BCUT2D eigenvalue weighted by Crippen LogP contribution is -2.08. The van der Waals surface area contributed by atoms with Crippen LogP contribution in [0.3, 0.4) is 0 Å². The summed E-state index contributed by atoms with van der Waals surface area (Å²) < 4.78 is 23.7. The van der Waals surface area contributed by atoms with Crippen molar-refractivity contribution in [3.05, 3.63) is 65.5 Å². The fourth-order valence-corrected chi connectivity index (χ4v) is 1.73. The quantitative estimate of drug-likeness (QED) is 0.782. The molecule has 0 spiro atoms. The Morgan fingerprint density at radius 1 is 1.15 bits per heavy atom. The topological polar surface area (TPSA) is 35.5 Å². The smallest absolute Gasteiger partial charge is 0.341 e. The van der Waals surface area contributed by atoms with Gasteiger partial charge in [-0.15, -0.1) is 0 Å². The van der Waals surface area contributed by atoms with E-state index >= 15 is 0 Å². The molecule has 0 atom stereocenters. The second-order valence-corrected chi connectivity index (χ2v) is 4.14. The zero-order valence-corrected chi connectivity index (χ0v) is 11.1. The van der Waals surface area contributed by atoms with E-state index in [1.165, 1.54) is 18.2 Å². The van der Waals surface area contributed by atoms with E-state index in [1.807, 2.05) is 30.3 Å². The van der Waals surface area contributed by atoms with Gasteiger partial charge in [0.15, 0.2) is 0 Å². The van der Waals surface area contributed by atoms with Crippen molar-refractivity contribution in [3.63, 3.8) is 0 Å². The minimum absolute atomic E-state index is 0.187. The highest BCUT2D eigenvalue weighted by Crippen LogP contribution is 2.22. The minimum atomic E-state index is -0.518. The van der Waals surface area contributed by atoms with Gasteiger partial charge in [-0.25, -0.2) is 9.18 Å². The molecule has 104 valence electrons. The number of carbonyl (C=O) groups excluding carboxylic acids is 1. The van der Waals surface area contributed by atoms with E-state index in [9.17, 15) is 9.18 Å². The Morgan fingerprint density at radius 3 is 2.60 bits per heavy atom. The highest BCUT2D eigenvalue weighted by atomic mass is 19.1. The molecule has 0 aromatic heterocycles. The first-order chi connectivity index (χ1) is 9.70. The van der Waals surface area contributed by atoms with E-state index in [-0.39, 0.29) is 24.5 Å². The molecule has 4 heteroatoms. The van der Waals surface area contributed by atoms with Gasteiger partial charge in [0.2, 0.25) is 0 Å². The number of benzene rings is 2.